The standard InChI is InChI=1S/C10H12BrN3O2/c1-6-7(11)3-2-4-8(6)13-10(15)5-9(12)14-16/h2-4,16H,5H2,1H3,(H2,12,14)(H,13,15). The second kappa shape index (κ2) is 5.50. The Morgan fingerprint density at radius 1 is 1.62 bits per heavy atom. The van der Waals surface area contributed by atoms with Crippen molar-refractivity contribution in [2.75, 3.05) is 5.32 Å². The maximum absolute atomic E-state index is 11.4. The Hall–Kier alpha value is -1.56. The van der Waals surface area contributed by atoms with E-state index in [1.54, 1.807) is 6.07 Å². The van der Waals surface area contributed by atoms with Crippen LogP contribution in [0.5, 0.6) is 0 Å². The van der Waals surface area contributed by atoms with Crippen LogP contribution in [0.1, 0.15) is 12.0 Å². The molecule has 0 saturated heterocycles. The predicted molar refractivity (Wildman–Crippen MR) is 65.5 cm³/mol. The van der Waals surface area contributed by atoms with E-state index in [0.29, 0.717) is 5.69 Å². The Balaban J connectivity index is 2.74. The van der Waals surface area contributed by atoms with E-state index in [2.05, 4.69) is 26.4 Å². The fourth-order valence-electron chi connectivity index (χ4n) is 1.14. The van der Waals surface area contributed by atoms with E-state index in [1.165, 1.54) is 0 Å². The molecule has 0 fully saturated rings. The van der Waals surface area contributed by atoms with Gasteiger partial charge in [-0.3, -0.25) is 4.79 Å². The molecule has 0 unspecified atom stereocenters. The molecule has 1 aromatic carbocycles. The summed E-state index contributed by atoms with van der Waals surface area (Å²) in [5, 5.41) is 13.7. The van der Waals surface area contributed by atoms with E-state index in [1.807, 2.05) is 19.1 Å². The number of amides is 1. The third-order valence-electron chi connectivity index (χ3n) is 2.01. The normalized spacial score (nSPS) is 11.2. The summed E-state index contributed by atoms with van der Waals surface area (Å²) in [5.74, 6) is -0.443. The Labute approximate surface area is 101 Å². The fraction of sp³-hybridized carbons (Fsp3) is 0.200. The van der Waals surface area contributed by atoms with Crippen LogP contribution in [-0.2, 0) is 4.79 Å². The van der Waals surface area contributed by atoms with E-state index in [-0.39, 0.29) is 18.2 Å². The minimum atomic E-state index is -0.323. The number of halogens is 1. The van der Waals surface area contributed by atoms with Crippen molar-refractivity contribution < 1.29 is 10.0 Å². The number of hydrogen-bond donors (Lipinski definition) is 3. The summed E-state index contributed by atoms with van der Waals surface area (Å²) in [6.07, 6.45) is -0.136. The molecule has 0 aliphatic carbocycles. The van der Waals surface area contributed by atoms with Crippen LogP contribution >= 0.6 is 15.9 Å². The van der Waals surface area contributed by atoms with Gasteiger partial charge < -0.3 is 16.3 Å². The zero-order valence-corrected chi connectivity index (χ0v) is 10.3. The maximum atomic E-state index is 11.4. The summed E-state index contributed by atoms with van der Waals surface area (Å²) in [7, 11) is 0. The number of nitrogens with one attached hydrogen (secondary N) is 1. The summed E-state index contributed by atoms with van der Waals surface area (Å²) >= 11 is 3.36. The lowest BCUT2D eigenvalue weighted by Crippen LogP contribution is -2.22. The van der Waals surface area contributed by atoms with Gasteiger partial charge in [-0.2, -0.15) is 0 Å². The van der Waals surface area contributed by atoms with Gasteiger partial charge in [-0.15, -0.1) is 0 Å². The zero-order chi connectivity index (χ0) is 12.1. The molecule has 4 N–H and O–H groups in total. The second-order valence-electron chi connectivity index (χ2n) is 3.23. The Bertz CT molecular complexity index is 432. The number of rotatable bonds is 3. The molecule has 0 spiro atoms. The number of carbonyl (C=O) groups excluding carboxylic acids is 1. The first-order valence-electron chi connectivity index (χ1n) is 4.56. The van der Waals surface area contributed by atoms with Gasteiger partial charge in [0, 0.05) is 10.2 Å². The number of carbonyl (C=O) groups is 1. The molecule has 0 bridgehead atoms. The lowest BCUT2D eigenvalue weighted by Gasteiger charge is -2.08. The third-order valence-corrected chi connectivity index (χ3v) is 2.87. The van der Waals surface area contributed by atoms with Crippen molar-refractivity contribution in [1.29, 1.82) is 0 Å². The number of hydrogen-bond acceptors (Lipinski definition) is 3. The van der Waals surface area contributed by atoms with Crippen molar-refractivity contribution >= 4 is 33.4 Å². The van der Waals surface area contributed by atoms with Crippen LogP contribution in [0.2, 0.25) is 0 Å². The van der Waals surface area contributed by atoms with Crippen LogP contribution < -0.4 is 11.1 Å². The van der Waals surface area contributed by atoms with Crippen LogP contribution in [0, 0.1) is 6.92 Å². The monoisotopic (exact) mass is 285 g/mol. The SMILES string of the molecule is Cc1c(Br)cccc1NC(=O)C/C(N)=N/O. The number of nitrogens with zero attached hydrogens (tertiary/aromatic N) is 1. The second-order valence-corrected chi connectivity index (χ2v) is 4.08. The number of oxime groups is 1. The van der Waals surface area contributed by atoms with Gasteiger partial charge in [0.15, 0.2) is 0 Å². The number of amidine groups is 1. The van der Waals surface area contributed by atoms with Crippen molar-refractivity contribution in [1.82, 2.24) is 0 Å². The zero-order valence-electron chi connectivity index (χ0n) is 8.70. The molecular formula is C10H12BrN3O2. The quantitative estimate of drug-likeness (QED) is 0.343. The molecule has 0 saturated carbocycles. The number of anilines is 1. The van der Waals surface area contributed by atoms with Crippen molar-refractivity contribution in [3.63, 3.8) is 0 Å². The minimum Gasteiger partial charge on any atom is -0.409 e. The topological polar surface area (TPSA) is 87.7 Å². The lowest BCUT2D eigenvalue weighted by atomic mass is 10.2. The molecule has 16 heavy (non-hydrogen) atoms. The molecule has 86 valence electrons. The van der Waals surface area contributed by atoms with Crippen LogP contribution in [0.25, 0.3) is 0 Å². The predicted octanol–water partition coefficient (Wildman–Crippen LogP) is 1.83. The molecule has 0 aliphatic rings. The molecule has 0 heterocycles. The molecule has 0 atom stereocenters. The van der Waals surface area contributed by atoms with Gasteiger partial charge in [0.2, 0.25) is 5.91 Å². The summed E-state index contributed by atoms with van der Waals surface area (Å²) in [6, 6.07) is 5.48. The van der Waals surface area contributed by atoms with Crippen LogP contribution in [-0.4, -0.2) is 17.0 Å². The van der Waals surface area contributed by atoms with E-state index < -0.39 is 0 Å². The van der Waals surface area contributed by atoms with Crippen molar-refractivity contribution in [3.05, 3.63) is 28.2 Å². The Morgan fingerprint density at radius 2 is 2.31 bits per heavy atom. The Kier molecular flexibility index (Phi) is 4.30. The van der Waals surface area contributed by atoms with E-state index in [9.17, 15) is 4.79 Å². The molecule has 1 amide bonds. The van der Waals surface area contributed by atoms with Gasteiger partial charge in [-0.05, 0) is 24.6 Å². The first kappa shape index (κ1) is 12.5. The van der Waals surface area contributed by atoms with Gasteiger partial charge in [0.25, 0.3) is 0 Å². The summed E-state index contributed by atoms with van der Waals surface area (Å²) < 4.78 is 0.911. The average molecular weight is 286 g/mol. The fourth-order valence-corrected chi connectivity index (χ4v) is 1.50. The van der Waals surface area contributed by atoms with Gasteiger partial charge >= 0.3 is 0 Å². The molecule has 0 radical (unpaired) electrons. The summed E-state index contributed by atoms with van der Waals surface area (Å²) in [4.78, 5) is 11.4. The molecule has 1 aromatic rings. The summed E-state index contributed by atoms with van der Waals surface area (Å²) in [5.41, 5.74) is 6.85. The molecule has 0 aromatic heterocycles. The highest BCUT2D eigenvalue weighted by Gasteiger charge is 2.08. The highest BCUT2D eigenvalue weighted by molar-refractivity contribution is 9.10. The van der Waals surface area contributed by atoms with Gasteiger partial charge in [0.1, 0.15) is 5.84 Å². The Morgan fingerprint density at radius 3 is 2.94 bits per heavy atom. The van der Waals surface area contributed by atoms with E-state index >= 15 is 0 Å². The average Bonchev–Trinajstić information content (AvgIpc) is 2.24. The van der Waals surface area contributed by atoms with Gasteiger partial charge in [-0.1, -0.05) is 27.2 Å². The van der Waals surface area contributed by atoms with E-state index in [0.717, 1.165) is 10.0 Å². The van der Waals surface area contributed by atoms with Crippen LogP contribution in [0.3, 0.4) is 0 Å². The molecule has 6 heteroatoms. The first-order chi connectivity index (χ1) is 7.54. The minimum absolute atomic E-state index is 0.120. The molecule has 5 nitrogen and oxygen atoms in total. The molecular weight excluding hydrogens is 274 g/mol. The van der Waals surface area contributed by atoms with Gasteiger partial charge in [0.05, 0.1) is 6.42 Å². The van der Waals surface area contributed by atoms with Gasteiger partial charge in [-0.25, -0.2) is 0 Å². The van der Waals surface area contributed by atoms with Crippen LogP contribution in [0.4, 0.5) is 5.69 Å². The smallest absolute Gasteiger partial charge is 0.232 e. The van der Waals surface area contributed by atoms with Crippen molar-refractivity contribution in [2.24, 2.45) is 10.9 Å². The van der Waals surface area contributed by atoms with Crippen LogP contribution in [0.15, 0.2) is 27.8 Å². The largest absolute Gasteiger partial charge is 0.409 e. The highest BCUT2D eigenvalue weighted by Crippen LogP contribution is 2.23. The maximum Gasteiger partial charge on any atom is 0.232 e. The lowest BCUT2D eigenvalue weighted by molar-refractivity contribution is -0.115. The highest BCUT2D eigenvalue weighted by atomic mass is 79.9. The first-order valence-corrected chi connectivity index (χ1v) is 5.35. The van der Waals surface area contributed by atoms with E-state index in [4.69, 9.17) is 10.9 Å². The summed E-state index contributed by atoms with van der Waals surface area (Å²) in [6.45, 7) is 1.88. The molecule has 0 aliphatic heterocycles. The van der Waals surface area contributed by atoms with Crippen molar-refractivity contribution in [2.45, 2.75) is 13.3 Å². The number of benzene rings is 1. The molecule has 1 rings (SSSR count). The van der Waals surface area contributed by atoms with Crippen molar-refractivity contribution in [3.8, 4) is 0 Å². The number of nitrogens with two attached hydrogens (primary N) is 1. The third kappa shape index (κ3) is 3.23.